The molecule has 0 radical (unpaired) electrons. The van der Waals surface area contributed by atoms with Crippen LogP contribution < -0.4 is 10.2 Å². The zero-order valence-electron chi connectivity index (χ0n) is 20.4. The number of amides is 1. The van der Waals surface area contributed by atoms with Crippen molar-refractivity contribution in [3.05, 3.63) is 41.7 Å². The lowest BCUT2D eigenvalue weighted by molar-refractivity contribution is 0.0199. The first-order valence-corrected chi connectivity index (χ1v) is 11.4. The van der Waals surface area contributed by atoms with Crippen molar-refractivity contribution in [3.63, 3.8) is 0 Å². The molecular formula is C25H34N6O2. The third-order valence-corrected chi connectivity index (χ3v) is 5.66. The van der Waals surface area contributed by atoms with Crippen LogP contribution in [0, 0.1) is 11.3 Å². The monoisotopic (exact) mass is 450 g/mol. The Kier molecular flexibility index (Phi) is 7.42. The Morgan fingerprint density at radius 2 is 2.00 bits per heavy atom. The Hall–Kier alpha value is -3.34. The van der Waals surface area contributed by atoms with Gasteiger partial charge in [0.1, 0.15) is 17.5 Å². The fourth-order valence-electron chi connectivity index (χ4n) is 3.76. The third kappa shape index (κ3) is 6.35. The predicted octanol–water partition coefficient (Wildman–Crippen LogP) is 5.05. The number of nitrogens with one attached hydrogen (secondary N) is 1. The molecule has 1 N–H and O–H groups in total. The Balaban J connectivity index is 1.76. The maximum absolute atomic E-state index is 12.5. The van der Waals surface area contributed by atoms with Crippen LogP contribution in [0.4, 0.5) is 22.1 Å². The number of carbonyl (C=O) groups excluding carboxylic acids is 1. The number of aromatic nitrogens is 2. The van der Waals surface area contributed by atoms with Crippen molar-refractivity contribution < 1.29 is 9.53 Å². The molecule has 33 heavy (non-hydrogen) atoms. The molecule has 1 saturated heterocycles. The van der Waals surface area contributed by atoms with Gasteiger partial charge in [0.05, 0.1) is 6.20 Å². The van der Waals surface area contributed by atoms with Crippen molar-refractivity contribution in [2.24, 2.45) is 0 Å². The molecule has 2 heterocycles. The molecule has 0 spiro atoms. The summed E-state index contributed by atoms with van der Waals surface area (Å²) in [5.41, 5.74) is 1.80. The average Bonchev–Trinajstić information content (AvgIpc) is 2.78. The Bertz CT molecular complexity index is 1010. The minimum Gasteiger partial charge on any atom is -0.444 e. The summed E-state index contributed by atoms with van der Waals surface area (Å²) >= 11 is 0. The van der Waals surface area contributed by atoms with Crippen molar-refractivity contribution in [3.8, 4) is 6.07 Å². The van der Waals surface area contributed by atoms with Gasteiger partial charge in [-0.1, -0.05) is 26.0 Å². The number of hydrogen-bond acceptors (Lipinski definition) is 7. The zero-order chi connectivity index (χ0) is 24.2. The fourth-order valence-corrected chi connectivity index (χ4v) is 3.76. The van der Waals surface area contributed by atoms with Gasteiger partial charge in [0, 0.05) is 31.9 Å². The van der Waals surface area contributed by atoms with Crippen LogP contribution >= 0.6 is 0 Å². The molecule has 8 nitrogen and oxygen atoms in total. The highest BCUT2D eigenvalue weighted by atomic mass is 16.6. The normalized spacial score (nSPS) is 16.3. The lowest BCUT2D eigenvalue weighted by Gasteiger charge is -2.38. The molecule has 1 fully saturated rings. The van der Waals surface area contributed by atoms with Crippen molar-refractivity contribution in [1.29, 1.82) is 5.26 Å². The lowest BCUT2D eigenvalue weighted by atomic mass is 10.0. The van der Waals surface area contributed by atoms with Gasteiger partial charge in [-0.3, -0.25) is 0 Å². The zero-order valence-corrected chi connectivity index (χ0v) is 20.4. The molecule has 1 aromatic carbocycles. The molecule has 1 aliphatic rings. The number of ether oxygens (including phenoxy) is 1. The summed E-state index contributed by atoms with van der Waals surface area (Å²) in [6.07, 6.45) is 3.12. The first kappa shape index (κ1) is 24.3. The second-order valence-electron chi connectivity index (χ2n) is 9.77. The number of piperidine rings is 1. The van der Waals surface area contributed by atoms with Gasteiger partial charge in [-0.15, -0.1) is 0 Å². The van der Waals surface area contributed by atoms with E-state index in [9.17, 15) is 10.1 Å². The summed E-state index contributed by atoms with van der Waals surface area (Å²) in [6.45, 7) is 11.1. The summed E-state index contributed by atoms with van der Waals surface area (Å²) < 4.78 is 5.54. The van der Waals surface area contributed by atoms with E-state index >= 15 is 0 Å². The molecule has 0 saturated carbocycles. The summed E-state index contributed by atoms with van der Waals surface area (Å²) in [4.78, 5) is 25.3. The van der Waals surface area contributed by atoms with Crippen LogP contribution in [0.3, 0.4) is 0 Å². The molecule has 1 aliphatic heterocycles. The molecule has 8 heteroatoms. The van der Waals surface area contributed by atoms with Crippen molar-refractivity contribution in [1.82, 2.24) is 14.9 Å². The molecule has 0 bridgehead atoms. The van der Waals surface area contributed by atoms with Crippen LogP contribution in [0.15, 0.2) is 30.5 Å². The van der Waals surface area contributed by atoms with E-state index in [2.05, 4.69) is 42.4 Å². The van der Waals surface area contributed by atoms with E-state index in [4.69, 9.17) is 9.72 Å². The summed E-state index contributed by atoms with van der Waals surface area (Å²) in [5.74, 6) is 1.51. The summed E-state index contributed by atoms with van der Waals surface area (Å²) in [6, 6.07) is 10.3. The molecule has 0 aliphatic carbocycles. The van der Waals surface area contributed by atoms with E-state index in [0.717, 1.165) is 18.5 Å². The van der Waals surface area contributed by atoms with Gasteiger partial charge >= 0.3 is 6.09 Å². The van der Waals surface area contributed by atoms with Gasteiger partial charge in [0.15, 0.2) is 11.5 Å². The molecule has 176 valence electrons. The average molecular weight is 451 g/mol. The van der Waals surface area contributed by atoms with Gasteiger partial charge in [0.25, 0.3) is 0 Å². The topological polar surface area (TPSA) is 94.4 Å². The fraction of sp³-hybridized carbons (Fsp3) is 0.520. The Labute approximate surface area is 196 Å². The van der Waals surface area contributed by atoms with E-state index in [0.29, 0.717) is 30.6 Å². The second kappa shape index (κ2) is 10.1. The minimum atomic E-state index is -0.525. The number of benzene rings is 1. The maximum Gasteiger partial charge on any atom is 0.410 e. The van der Waals surface area contributed by atoms with E-state index < -0.39 is 5.60 Å². The first-order chi connectivity index (χ1) is 15.6. The molecule has 1 atom stereocenters. The molecular weight excluding hydrogens is 416 g/mol. The van der Waals surface area contributed by atoms with Crippen LogP contribution in [0.25, 0.3) is 0 Å². The standard InChI is InChI=1S/C25H34N6O2/c1-17(2)18-9-11-19(12-10-18)28-23-21(14-26)27-15-22(29-23)30(6)20-8-7-13-31(16-20)24(32)33-25(3,4)5/h9-12,15,17,20H,7-8,13,16H2,1-6H3,(H,28,29)/t20-/m0/s1. The molecule has 1 amide bonds. The number of nitrogens with zero attached hydrogens (tertiary/aromatic N) is 5. The smallest absolute Gasteiger partial charge is 0.410 e. The minimum absolute atomic E-state index is 0.0756. The van der Waals surface area contributed by atoms with E-state index in [1.807, 2.05) is 44.9 Å². The van der Waals surface area contributed by atoms with Gasteiger partial charge in [-0.2, -0.15) is 5.26 Å². The Morgan fingerprint density at radius 3 is 2.61 bits per heavy atom. The highest BCUT2D eigenvalue weighted by Gasteiger charge is 2.30. The van der Waals surface area contributed by atoms with Gasteiger partial charge in [-0.05, 0) is 57.2 Å². The van der Waals surface area contributed by atoms with Crippen LogP contribution in [0.5, 0.6) is 0 Å². The van der Waals surface area contributed by atoms with Crippen molar-refractivity contribution in [2.45, 2.75) is 65.0 Å². The number of rotatable bonds is 5. The Morgan fingerprint density at radius 1 is 1.30 bits per heavy atom. The largest absolute Gasteiger partial charge is 0.444 e. The van der Waals surface area contributed by atoms with Gasteiger partial charge in [0.2, 0.25) is 0 Å². The van der Waals surface area contributed by atoms with Crippen molar-refractivity contribution in [2.75, 3.05) is 30.4 Å². The molecule has 2 aromatic rings. The first-order valence-electron chi connectivity index (χ1n) is 11.4. The van der Waals surface area contributed by atoms with Crippen LogP contribution in [-0.2, 0) is 4.74 Å². The SMILES string of the molecule is CC(C)c1ccc(Nc2nc(N(C)[C@H]3CCCN(C(=O)OC(C)(C)C)C3)cnc2C#N)cc1. The number of carbonyl (C=O) groups is 1. The quantitative estimate of drug-likeness (QED) is 0.681. The van der Waals surface area contributed by atoms with Gasteiger partial charge < -0.3 is 19.9 Å². The van der Waals surface area contributed by atoms with E-state index in [-0.39, 0.29) is 17.8 Å². The number of nitriles is 1. The van der Waals surface area contributed by atoms with Gasteiger partial charge in [-0.25, -0.2) is 14.8 Å². The highest BCUT2D eigenvalue weighted by molar-refractivity contribution is 5.68. The lowest BCUT2D eigenvalue weighted by Crippen LogP contribution is -2.50. The number of likely N-dealkylation sites (tertiary alicyclic amines) is 1. The molecule has 1 aromatic heterocycles. The number of likely N-dealkylation sites (N-methyl/N-ethyl adjacent to an activating group) is 1. The van der Waals surface area contributed by atoms with E-state index in [1.54, 1.807) is 11.1 Å². The second-order valence-corrected chi connectivity index (χ2v) is 9.77. The summed E-state index contributed by atoms with van der Waals surface area (Å²) in [5, 5.41) is 12.7. The molecule has 3 rings (SSSR count). The third-order valence-electron chi connectivity index (χ3n) is 5.66. The number of anilines is 3. The van der Waals surface area contributed by atoms with E-state index in [1.165, 1.54) is 5.56 Å². The van der Waals surface area contributed by atoms with Crippen LogP contribution in [-0.4, -0.2) is 52.7 Å². The summed E-state index contributed by atoms with van der Waals surface area (Å²) in [7, 11) is 1.94. The molecule has 0 unspecified atom stereocenters. The highest BCUT2D eigenvalue weighted by Crippen LogP contribution is 2.25. The number of hydrogen-bond donors (Lipinski definition) is 1. The van der Waals surface area contributed by atoms with Crippen molar-refractivity contribution >= 4 is 23.4 Å². The maximum atomic E-state index is 12.5. The van der Waals surface area contributed by atoms with Crippen LogP contribution in [0.1, 0.15) is 64.6 Å². The predicted molar refractivity (Wildman–Crippen MR) is 130 cm³/mol. The van der Waals surface area contributed by atoms with Crippen LogP contribution in [0.2, 0.25) is 0 Å².